The summed E-state index contributed by atoms with van der Waals surface area (Å²) in [5, 5.41) is 2.49. The average Bonchev–Trinajstić information content (AvgIpc) is 2.75. The number of aromatic nitrogens is 1. The highest BCUT2D eigenvalue weighted by molar-refractivity contribution is 5.88. The summed E-state index contributed by atoms with van der Waals surface area (Å²) in [5.74, 6) is 0. The number of hydrogen-bond acceptors (Lipinski definition) is 2. The van der Waals surface area contributed by atoms with Crippen LogP contribution in [0.3, 0.4) is 0 Å². The van der Waals surface area contributed by atoms with E-state index in [0.29, 0.717) is 0 Å². The summed E-state index contributed by atoms with van der Waals surface area (Å²) in [4.78, 5) is 6.83. The third-order valence-electron chi connectivity index (χ3n) is 3.77. The topological polar surface area (TPSA) is 16.1 Å². The molecule has 0 bridgehead atoms. The van der Waals surface area contributed by atoms with E-state index in [-0.39, 0.29) is 6.04 Å². The van der Waals surface area contributed by atoms with E-state index in [4.69, 9.17) is 6.92 Å². The van der Waals surface area contributed by atoms with Crippen LogP contribution >= 0.6 is 0 Å². The first-order valence-electron chi connectivity index (χ1n) is 6.55. The Labute approximate surface area is 109 Å². The van der Waals surface area contributed by atoms with Crippen molar-refractivity contribution in [3.63, 3.8) is 0 Å². The summed E-state index contributed by atoms with van der Waals surface area (Å²) in [6.45, 7) is 11.3. The van der Waals surface area contributed by atoms with E-state index in [1.54, 1.807) is 0 Å². The number of hydrogen-bond donors (Lipinski definition) is 0. The first-order chi connectivity index (χ1) is 8.65. The predicted molar refractivity (Wildman–Crippen MR) is 75.9 cm³/mol. The number of pyridine rings is 1. The van der Waals surface area contributed by atoms with Crippen LogP contribution < -0.4 is 4.90 Å². The van der Waals surface area contributed by atoms with Crippen LogP contribution in [0.1, 0.15) is 24.2 Å². The van der Waals surface area contributed by atoms with Gasteiger partial charge in [-0.15, -0.1) is 0 Å². The molecular formula is C16H18N2. The van der Waals surface area contributed by atoms with Crippen molar-refractivity contribution in [3.8, 4) is 0 Å². The molecule has 2 aromatic rings. The van der Waals surface area contributed by atoms with E-state index in [0.717, 1.165) is 24.4 Å². The number of benzene rings is 1. The van der Waals surface area contributed by atoms with Crippen LogP contribution in [0.25, 0.3) is 10.8 Å². The van der Waals surface area contributed by atoms with E-state index < -0.39 is 0 Å². The SMILES string of the molecule is [CH]C1CCCN1c1ccc2cc(C)nc(C)c2c1. The molecule has 1 fully saturated rings. The number of rotatable bonds is 1. The number of anilines is 1. The average molecular weight is 238 g/mol. The molecule has 0 aliphatic carbocycles. The van der Waals surface area contributed by atoms with Crippen LogP contribution in [-0.2, 0) is 0 Å². The molecule has 1 aromatic heterocycles. The van der Waals surface area contributed by atoms with Crippen molar-refractivity contribution < 1.29 is 0 Å². The zero-order valence-corrected chi connectivity index (χ0v) is 11.0. The molecule has 2 heteroatoms. The first kappa shape index (κ1) is 11.5. The van der Waals surface area contributed by atoms with Crippen molar-refractivity contribution in [2.75, 3.05) is 11.4 Å². The summed E-state index contributed by atoms with van der Waals surface area (Å²) < 4.78 is 0. The van der Waals surface area contributed by atoms with Gasteiger partial charge in [0.2, 0.25) is 0 Å². The van der Waals surface area contributed by atoms with Crippen molar-refractivity contribution in [2.24, 2.45) is 0 Å². The van der Waals surface area contributed by atoms with Crippen molar-refractivity contribution in [1.82, 2.24) is 4.98 Å². The molecule has 1 saturated heterocycles. The van der Waals surface area contributed by atoms with Gasteiger partial charge in [-0.25, -0.2) is 0 Å². The van der Waals surface area contributed by atoms with E-state index in [1.165, 1.54) is 22.9 Å². The van der Waals surface area contributed by atoms with Crippen molar-refractivity contribution in [1.29, 1.82) is 0 Å². The smallest absolute Gasteiger partial charge is 0.0454 e. The second kappa shape index (κ2) is 4.27. The van der Waals surface area contributed by atoms with Gasteiger partial charge in [0.15, 0.2) is 0 Å². The molecule has 1 aliphatic rings. The lowest BCUT2D eigenvalue weighted by atomic mass is 10.1. The zero-order chi connectivity index (χ0) is 12.7. The van der Waals surface area contributed by atoms with E-state index in [2.05, 4.69) is 41.1 Å². The van der Waals surface area contributed by atoms with Gasteiger partial charge in [0, 0.05) is 35.0 Å². The van der Waals surface area contributed by atoms with Crippen LogP contribution in [0.5, 0.6) is 0 Å². The minimum absolute atomic E-state index is 0.168. The summed E-state index contributed by atoms with van der Waals surface area (Å²) >= 11 is 0. The van der Waals surface area contributed by atoms with Gasteiger partial charge in [-0.05, 0) is 57.2 Å². The number of aryl methyl sites for hydroxylation is 2. The van der Waals surface area contributed by atoms with Crippen LogP contribution in [0.2, 0.25) is 0 Å². The molecule has 2 heterocycles. The minimum Gasteiger partial charge on any atom is -0.368 e. The molecule has 0 spiro atoms. The molecule has 1 aromatic carbocycles. The number of fused-ring (bicyclic) bond motifs is 1. The third-order valence-corrected chi connectivity index (χ3v) is 3.77. The molecule has 0 amide bonds. The molecule has 3 rings (SSSR count). The largest absolute Gasteiger partial charge is 0.368 e. The molecule has 2 nitrogen and oxygen atoms in total. The normalized spacial score (nSPS) is 19.7. The van der Waals surface area contributed by atoms with Crippen LogP contribution in [0.4, 0.5) is 5.69 Å². The van der Waals surface area contributed by atoms with Crippen molar-refractivity contribution in [2.45, 2.75) is 32.7 Å². The summed E-state index contributed by atoms with van der Waals surface area (Å²) in [6.07, 6.45) is 2.27. The van der Waals surface area contributed by atoms with Gasteiger partial charge >= 0.3 is 0 Å². The Morgan fingerprint density at radius 3 is 2.83 bits per heavy atom. The fourth-order valence-corrected chi connectivity index (χ4v) is 2.86. The maximum Gasteiger partial charge on any atom is 0.0454 e. The van der Waals surface area contributed by atoms with Crippen molar-refractivity contribution in [3.05, 3.63) is 42.6 Å². The Morgan fingerprint density at radius 2 is 2.11 bits per heavy atom. The highest BCUT2D eigenvalue weighted by Crippen LogP contribution is 2.29. The second-order valence-electron chi connectivity index (χ2n) is 5.16. The molecule has 18 heavy (non-hydrogen) atoms. The second-order valence-corrected chi connectivity index (χ2v) is 5.16. The maximum absolute atomic E-state index is 6.13. The van der Waals surface area contributed by atoms with Crippen LogP contribution in [-0.4, -0.2) is 17.6 Å². The molecule has 0 N–H and O–H groups in total. The van der Waals surface area contributed by atoms with Crippen LogP contribution in [0.15, 0.2) is 24.3 Å². The highest BCUT2D eigenvalue weighted by Gasteiger charge is 2.20. The summed E-state index contributed by atoms with van der Waals surface area (Å²) in [5.41, 5.74) is 3.39. The van der Waals surface area contributed by atoms with Gasteiger partial charge < -0.3 is 4.90 Å². The summed E-state index contributed by atoms with van der Waals surface area (Å²) in [6, 6.07) is 8.88. The maximum atomic E-state index is 6.13. The zero-order valence-electron chi connectivity index (χ0n) is 11.0. The Balaban J connectivity index is 2.10. The Bertz CT molecular complexity index is 589. The third kappa shape index (κ3) is 1.86. The Kier molecular flexibility index (Phi) is 2.73. The van der Waals surface area contributed by atoms with E-state index >= 15 is 0 Å². The fraction of sp³-hybridized carbons (Fsp3) is 0.375. The van der Waals surface area contributed by atoms with Gasteiger partial charge in [0.1, 0.15) is 0 Å². The van der Waals surface area contributed by atoms with Gasteiger partial charge in [-0.2, -0.15) is 0 Å². The van der Waals surface area contributed by atoms with E-state index in [9.17, 15) is 0 Å². The van der Waals surface area contributed by atoms with Gasteiger partial charge in [0.05, 0.1) is 0 Å². The van der Waals surface area contributed by atoms with Gasteiger partial charge in [0.25, 0.3) is 0 Å². The molecular weight excluding hydrogens is 220 g/mol. The molecule has 1 aliphatic heterocycles. The molecule has 92 valence electrons. The van der Waals surface area contributed by atoms with Gasteiger partial charge in [-0.1, -0.05) is 6.07 Å². The van der Waals surface area contributed by atoms with Gasteiger partial charge in [-0.3, -0.25) is 4.98 Å². The molecule has 1 unspecified atom stereocenters. The molecule has 2 radical (unpaired) electrons. The lowest BCUT2D eigenvalue weighted by Gasteiger charge is -2.24. The lowest BCUT2D eigenvalue weighted by Crippen LogP contribution is -2.26. The van der Waals surface area contributed by atoms with E-state index in [1.807, 2.05) is 6.92 Å². The monoisotopic (exact) mass is 238 g/mol. The Hall–Kier alpha value is -1.57. The lowest BCUT2D eigenvalue weighted by molar-refractivity contribution is 0.802. The molecule has 0 saturated carbocycles. The minimum atomic E-state index is 0.168. The van der Waals surface area contributed by atoms with Crippen molar-refractivity contribution >= 4 is 16.5 Å². The number of nitrogens with zero attached hydrogens (tertiary/aromatic N) is 2. The summed E-state index contributed by atoms with van der Waals surface area (Å²) in [7, 11) is 0. The first-order valence-corrected chi connectivity index (χ1v) is 6.55. The fourth-order valence-electron chi connectivity index (χ4n) is 2.86. The quantitative estimate of drug-likeness (QED) is 0.755. The predicted octanol–water partition coefficient (Wildman–Crippen LogP) is 3.53. The Morgan fingerprint density at radius 1 is 1.28 bits per heavy atom. The standard InChI is InChI=1S/C16H18N2/c1-11-9-14-6-7-15(10-16(14)13(3)17-11)18-8-4-5-12(18)2/h2,6-7,9-10,12H,4-5,8H2,1,3H3. The van der Waals surface area contributed by atoms with Crippen LogP contribution in [0, 0.1) is 20.8 Å². The molecule has 1 atom stereocenters. The highest BCUT2D eigenvalue weighted by atomic mass is 15.2.